The summed E-state index contributed by atoms with van der Waals surface area (Å²) in [6.45, 7) is 3.85. The first kappa shape index (κ1) is 11.2. The molecule has 1 aromatic carbocycles. The number of hydrogen-bond donors (Lipinski definition) is 2. The second-order valence-electron chi connectivity index (χ2n) is 3.28. The molecule has 0 heterocycles. The molecule has 0 aliphatic rings. The van der Waals surface area contributed by atoms with Gasteiger partial charge in [0.2, 0.25) is 0 Å². The van der Waals surface area contributed by atoms with Crippen molar-refractivity contribution in [2.75, 3.05) is 12.4 Å². The predicted molar refractivity (Wildman–Crippen MR) is 58.6 cm³/mol. The minimum absolute atomic E-state index is 0.643. The third-order valence-electron chi connectivity index (χ3n) is 2.29. The molecule has 0 aliphatic carbocycles. The first-order valence-electron chi connectivity index (χ1n) is 4.65. The largest absolute Gasteiger partial charge is 0.351 e. The van der Waals surface area contributed by atoms with E-state index in [4.69, 9.17) is 0 Å². The van der Waals surface area contributed by atoms with Crippen LogP contribution in [-0.2, 0) is 9.59 Å². The van der Waals surface area contributed by atoms with Gasteiger partial charge in [0.25, 0.3) is 0 Å². The first-order valence-corrected chi connectivity index (χ1v) is 4.65. The number of nitrogens with one attached hydrogen (secondary N) is 2. The lowest BCUT2D eigenvalue weighted by atomic mass is 10.1. The van der Waals surface area contributed by atoms with Crippen LogP contribution >= 0.6 is 0 Å². The molecule has 4 heteroatoms. The lowest BCUT2D eigenvalue weighted by Gasteiger charge is -2.09. The average Bonchev–Trinajstić information content (AvgIpc) is 2.23. The number of hydrogen-bond acceptors (Lipinski definition) is 2. The third kappa shape index (κ3) is 2.56. The molecule has 0 aromatic heterocycles. The Hall–Kier alpha value is -1.84. The van der Waals surface area contributed by atoms with Gasteiger partial charge in [-0.05, 0) is 31.0 Å². The summed E-state index contributed by atoms with van der Waals surface area (Å²) in [5.41, 5.74) is 2.71. The fourth-order valence-electron chi connectivity index (χ4n) is 1.18. The van der Waals surface area contributed by atoms with Gasteiger partial charge >= 0.3 is 11.8 Å². The topological polar surface area (TPSA) is 58.2 Å². The number of rotatable bonds is 1. The molecule has 0 bridgehead atoms. The van der Waals surface area contributed by atoms with Crippen LogP contribution in [0, 0.1) is 13.8 Å². The average molecular weight is 206 g/mol. The molecule has 0 unspecified atom stereocenters. The van der Waals surface area contributed by atoms with Gasteiger partial charge in [0.1, 0.15) is 0 Å². The van der Waals surface area contributed by atoms with E-state index in [0.29, 0.717) is 5.69 Å². The minimum atomic E-state index is -0.647. The molecule has 80 valence electrons. The molecule has 0 spiro atoms. The Morgan fingerprint density at radius 1 is 1.13 bits per heavy atom. The molecule has 0 aliphatic heterocycles. The van der Waals surface area contributed by atoms with Gasteiger partial charge in [-0.2, -0.15) is 0 Å². The molecular weight excluding hydrogens is 192 g/mol. The Morgan fingerprint density at radius 2 is 1.80 bits per heavy atom. The Labute approximate surface area is 88.7 Å². The lowest BCUT2D eigenvalue weighted by Crippen LogP contribution is -2.32. The molecule has 1 rings (SSSR count). The van der Waals surface area contributed by atoms with Gasteiger partial charge in [0, 0.05) is 12.7 Å². The summed E-state index contributed by atoms with van der Waals surface area (Å²) in [5, 5.41) is 4.82. The van der Waals surface area contributed by atoms with Crippen molar-refractivity contribution in [2.24, 2.45) is 0 Å². The smallest absolute Gasteiger partial charge is 0.313 e. The van der Waals surface area contributed by atoms with Gasteiger partial charge < -0.3 is 10.6 Å². The number of carbonyl (C=O) groups excluding carboxylic acids is 2. The molecule has 2 N–H and O–H groups in total. The van der Waals surface area contributed by atoms with Crippen LogP contribution < -0.4 is 10.6 Å². The number of carbonyl (C=O) groups is 2. The number of likely N-dealkylation sites (N-methyl/N-ethyl adjacent to an activating group) is 1. The van der Waals surface area contributed by atoms with E-state index >= 15 is 0 Å². The Kier molecular flexibility index (Phi) is 3.44. The quantitative estimate of drug-likeness (QED) is 0.673. The zero-order valence-electron chi connectivity index (χ0n) is 9.05. The SMILES string of the molecule is CNC(=O)C(=O)Nc1cccc(C)c1C. The molecule has 0 radical (unpaired) electrons. The number of amides is 2. The minimum Gasteiger partial charge on any atom is -0.351 e. The van der Waals surface area contributed by atoms with E-state index in [0.717, 1.165) is 11.1 Å². The van der Waals surface area contributed by atoms with E-state index in [9.17, 15) is 9.59 Å². The summed E-state index contributed by atoms with van der Waals surface area (Å²) in [6.07, 6.45) is 0. The summed E-state index contributed by atoms with van der Waals surface area (Å²) in [7, 11) is 1.42. The van der Waals surface area contributed by atoms with Crippen molar-refractivity contribution < 1.29 is 9.59 Å². The van der Waals surface area contributed by atoms with Crippen LogP contribution in [0.15, 0.2) is 18.2 Å². The van der Waals surface area contributed by atoms with E-state index in [1.807, 2.05) is 26.0 Å². The highest BCUT2D eigenvalue weighted by atomic mass is 16.2. The molecule has 0 saturated heterocycles. The first-order chi connectivity index (χ1) is 7.06. The number of benzene rings is 1. The number of aryl methyl sites for hydroxylation is 1. The van der Waals surface area contributed by atoms with Gasteiger partial charge in [-0.1, -0.05) is 12.1 Å². The summed E-state index contributed by atoms with van der Waals surface area (Å²) in [4.78, 5) is 22.3. The summed E-state index contributed by atoms with van der Waals surface area (Å²) in [5.74, 6) is -1.29. The van der Waals surface area contributed by atoms with Crippen molar-refractivity contribution in [2.45, 2.75) is 13.8 Å². The zero-order chi connectivity index (χ0) is 11.4. The summed E-state index contributed by atoms with van der Waals surface area (Å²) >= 11 is 0. The van der Waals surface area contributed by atoms with E-state index < -0.39 is 11.8 Å². The fraction of sp³-hybridized carbons (Fsp3) is 0.273. The molecule has 0 saturated carbocycles. The second kappa shape index (κ2) is 4.59. The maximum atomic E-state index is 11.3. The van der Waals surface area contributed by atoms with Crippen LogP contribution in [-0.4, -0.2) is 18.9 Å². The predicted octanol–water partition coefficient (Wildman–Crippen LogP) is 0.988. The standard InChI is InChI=1S/C11H14N2O2/c1-7-5-4-6-9(8(7)2)13-11(15)10(14)12-3/h4-6H,1-3H3,(H,12,14)(H,13,15). The number of anilines is 1. The Morgan fingerprint density at radius 3 is 2.40 bits per heavy atom. The Bertz CT molecular complexity index is 400. The third-order valence-corrected chi connectivity index (χ3v) is 2.29. The summed E-state index contributed by atoms with van der Waals surface area (Å²) < 4.78 is 0. The monoisotopic (exact) mass is 206 g/mol. The van der Waals surface area contributed by atoms with E-state index in [-0.39, 0.29) is 0 Å². The van der Waals surface area contributed by atoms with Crippen LogP contribution in [0.2, 0.25) is 0 Å². The van der Waals surface area contributed by atoms with Crippen molar-refractivity contribution in [1.82, 2.24) is 5.32 Å². The zero-order valence-corrected chi connectivity index (χ0v) is 9.05. The normalized spacial score (nSPS) is 9.53. The lowest BCUT2D eigenvalue weighted by molar-refractivity contribution is -0.135. The van der Waals surface area contributed by atoms with E-state index in [1.165, 1.54) is 7.05 Å². The highest BCUT2D eigenvalue weighted by molar-refractivity contribution is 6.39. The highest BCUT2D eigenvalue weighted by Crippen LogP contribution is 2.17. The molecule has 0 atom stereocenters. The van der Waals surface area contributed by atoms with Crippen LogP contribution in [0.25, 0.3) is 0 Å². The highest BCUT2D eigenvalue weighted by Gasteiger charge is 2.12. The van der Waals surface area contributed by atoms with E-state index in [1.54, 1.807) is 6.07 Å². The molecule has 2 amide bonds. The molecule has 1 aromatic rings. The van der Waals surface area contributed by atoms with Crippen molar-refractivity contribution in [3.05, 3.63) is 29.3 Å². The van der Waals surface area contributed by atoms with E-state index in [2.05, 4.69) is 10.6 Å². The van der Waals surface area contributed by atoms with Gasteiger partial charge in [-0.25, -0.2) is 0 Å². The molecule has 0 fully saturated rings. The van der Waals surface area contributed by atoms with Crippen molar-refractivity contribution in [3.63, 3.8) is 0 Å². The maximum Gasteiger partial charge on any atom is 0.313 e. The van der Waals surface area contributed by atoms with Crippen molar-refractivity contribution >= 4 is 17.5 Å². The molecular formula is C11H14N2O2. The van der Waals surface area contributed by atoms with Crippen LogP contribution in [0.1, 0.15) is 11.1 Å². The second-order valence-corrected chi connectivity index (χ2v) is 3.28. The summed E-state index contributed by atoms with van der Waals surface area (Å²) in [6, 6.07) is 5.55. The maximum absolute atomic E-state index is 11.3. The van der Waals surface area contributed by atoms with Crippen molar-refractivity contribution in [1.29, 1.82) is 0 Å². The Balaban J connectivity index is 2.86. The van der Waals surface area contributed by atoms with Crippen LogP contribution in [0.4, 0.5) is 5.69 Å². The van der Waals surface area contributed by atoms with Gasteiger partial charge in [0.15, 0.2) is 0 Å². The fourth-order valence-corrected chi connectivity index (χ4v) is 1.18. The molecule has 15 heavy (non-hydrogen) atoms. The van der Waals surface area contributed by atoms with Crippen molar-refractivity contribution in [3.8, 4) is 0 Å². The van der Waals surface area contributed by atoms with Gasteiger partial charge in [-0.3, -0.25) is 9.59 Å². The van der Waals surface area contributed by atoms with Gasteiger partial charge in [-0.15, -0.1) is 0 Å². The van der Waals surface area contributed by atoms with Gasteiger partial charge in [0.05, 0.1) is 0 Å². The van der Waals surface area contributed by atoms with Crippen LogP contribution in [0.5, 0.6) is 0 Å². The molecule has 4 nitrogen and oxygen atoms in total. The van der Waals surface area contributed by atoms with Crippen LogP contribution in [0.3, 0.4) is 0 Å².